The van der Waals surface area contributed by atoms with E-state index in [9.17, 15) is 31.5 Å². The van der Waals surface area contributed by atoms with Crippen LogP contribution in [0.3, 0.4) is 0 Å². The third-order valence-corrected chi connectivity index (χ3v) is 6.01. The van der Waals surface area contributed by atoms with E-state index in [2.05, 4.69) is 15.3 Å². The normalized spacial score (nSPS) is 22.0. The number of aliphatic hydroxyl groups is 1. The van der Waals surface area contributed by atoms with Gasteiger partial charge in [-0.25, -0.2) is 23.5 Å². The molecule has 3 heterocycles. The summed E-state index contributed by atoms with van der Waals surface area (Å²) in [6, 6.07) is 2.96. The van der Waals surface area contributed by atoms with Crippen LogP contribution in [0, 0.1) is 11.8 Å². The number of hydrogen-bond donors (Lipinski definition) is 3. The molecule has 1 amide bonds. The van der Waals surface area contributed by atoms with Gasteiger partial charge >= 0.3 is 6.18 Å². The van der Waals surface area contributed by atoms with Crippen molar-refractivity contribution < 1.29 is 31.5 Å². The highest BCUT2D eigenvalue weighted by atomic mass is 32.2. The highest BCUT2D eigenvalue weighted by molar-refractivity contribution is 7.89. The molecule has 0 bridgehead atoms. The van der Waals surface area contributed by atoms with Crippen LogP contribution in [0.5, 0.6) is 0 Å². The smallest absolute Gasteiger partial charge is 0.392 e. The van der Waals surface area contributed by atoms with E-state index >= 15 is 0 Å². The Bertz CT molecular complexity index is 1110. The van der Waals surface area contributed by atoms with Crippen LogP contribution in [0.4, 0.5) is 24.7 Å². The van der Waals surface area contributed by atoms with Gasteiger partial charge in [0.25, 0.3) is 15.9 Å². The zero-order chi connectivity index (χ0) is 23.8. The van der Waals surface area contributed by atoms with Crippen molar-refractivity contribution in [1.29, 1.82) is 0 Å². The summed E-state index contributed by atoms with van der Waals surface area (Å²) in [7, 11) is -4.15. The van der Waals surface area contributed by atoms with Crippen molar-refractivity contribution in [3.05, 3.63) is 41.7 Å². The Kier molecular flexibility index (Phi) is 6.45. The van der Waals surface area contributed by atoms with Crippen molar-refractivity contribution >= 4 is 27.4 Å². The van der Waals surface area contributed by atoms with Crippen LogP contribution in [0.25, 0.3) is 0 Å². The van der Waals surface area contributed by atoms with Gasteiger partial charge in [0.15, 0.2) is 5.03 Å². The number of alkyl halides is 3. The molecule has 2 aromatic heterocycles. The molecule has 0 saturated carbocycles. The SMILES string of the molecule is CC1CN(c2ncc(C(F)(F)F)cc2C(=O)Nc2ccnc(S(N)(=O)=O)c2)CC(C)C1O. The van der Waals surface area contributed by atoms with Crippen LogP contribution >= 0.6 is 0 Å². The maximum Gasteiger partial charge on any atom is 0.417 e. The highest BCUT2D eigenvalue weighted by Gasteiger charge is 2.36. The number of rotatable bonds is 4. The lowest BCUT2D eigenvalue weighted by molar-refractivity contribution is -0.137. The molecule has 2 atom stereocenters. The number of anilines is 2. The molecule has 0 aromatic carbocycles. The first kappa shape index (κ1) is 23.9. The van der Waals surface area contributed by atoms with Gasteiger partial charge in [-0.2, -0.15) is 13.2 Å². The summed E-state index contributed by atoms with van der Waals surface area (Å²) in [5.41, 5.74) is -1.47. The van der Waals surface area contributed by atoms with Gasteiger partial charge in [0, 0.05) is 37.2 Å². The summed E-state index contributed by atoms with van der Waals surface area (Å²) in [5, 5.41) is 17.1. The number of pyridine rings is 2. The molecule has 9 nitrogen and oxygen atoms in total. The highest BCUT2D eigenvalue weighted by Crippen LogP contribution is 2.34. The van der Waals surface area contributed by atoms with E-state index in [1.807, 2.05) is 0 Å². The number of carbonyl (C=O) groups excluding carboxylic acids is 1. The minimum absolute atomic E-state index is 0.0202. The Balaban J connectivity index is 2.00. The van der Waals surface area contributed by atoms with Crippen LogP contribution < -0.4 is 15.4 Å². The van der Waals surface area contributed by atoms with Crippen molar-refractivity contribution in [1.82, 2.24) is 9.97 Å². The summed E-state index contributed by atoms with van der Waals surface area (Å²) >= 11 is 0. The first-order valence-corrected chi connectivity index (χ1v) is 11.1. The fourth-order valence-corrected chi connectivity index (χ4v) is 4.09. The molecule has 1 aliphatic rings. The van der Waals surface area contributed by atoms with Gasteiger partial charge in [-0.3, -0.25) is 4.79 Å². The molecule has 1 saturated heterocycles. The molecule has 0 radical (unpaired) electrons. The number of halogens is 3. The van der Waals surface area contributed by atoms with Gasteiger partial charge in [0.2, 0.25) is 0 Å². The number of amides is 1. The van der Waals surface area contributed by atoms with Gasteiger partial charge in [0.05, 0.1) is 17.2 Å². The molecule has 32 heavy (non-hydrogen) atoms. The number of carbonyl (C=O) groups is 1. The second-order valence-electron chi connectivity index (χ2n) is 7.82. The van der Waals surface area contributed by atoms with Crippen molar-refractivity contribution in [2.75, 3.05) is 23.3 Å². The molecule has 174 valence electrons. The van der Waals surface area contributed by atoms with Crippen molar-refractivity contribution in [3.63, 3.8) is 0 Å². The average Bonchev–Trinajstić information content (AvgIpc) is 2.70. The number of nitrogens with one attached hydrogen (secondary N) is 1. The summed E-state index contributed by atoms with van der Waals surface area (Å²) < 4.78 is 62.8. The molecule has 13 heteroatoms. The summed E-state index contributed by atoms with van der Waals surface area (Å²) in [4.78, 5) is 22.1. The number of nitrogens with two attached hydrogens (primary N) is 1. The number of primary sulfonamides is 1. The van der Waals surface area contributed by atoms with Gasteiger partial charge in [0.1, 0.15) is 5.82 Å². The largest absolute Gasteiger partial charge is 0.417 e. The fraction of sp³-hybridized carbons (Fsp3) is 0.421. The summed E-state index contributed by atoms with van der Waals surface area (Å²) in [6.07, 6.45) is -3.57. The van der Waals surface area contributed by atoms with E-state index in [0.717, 1.165) is 12.3 Å². The number of piperidine rings is 1. The third-order valence-electron chi connectivity index (χ3n) is 5.21. The Morgan fingerprint density at radius 3 is 2.41 bits per heavy atom. The molecule has 0 spiro atoms. The summed E-state index contributed by atoms with van der Waals surface area (Å²) in [5.74, 6) is -1.29. The van der Waals surface area contributed by atoms with E-state index in [0.29, 0.717) is 12.3 Å². The maximum absolute atomic E-state index is 13.3. The molecule has 4 N–H and O–H groups in total. The molecule has 2 aromatic rings. The molecule has 1 fully saturated rings. The van der Waals surface area contributed by atoms with Gasteiger partial charge in [-0.05, 0) is 24.0 Å². The van der Waals surface area contributed by atoms with E-state index in [1.54, 1.807) is 18.7 Å². The summed E-state index contributed by atoms with van der Waals surface area (Å²) in [6.45, 7) is 4.16. The molecular weight excluding hydrogens is 451 g/mol. The van der Waals surface area contributed by atoms with Gasteiger partial charge < -0.3 is 15.3 Å². The van der Waals surface area contributed by atoms with Crippen LogP contribution in [0.15, 0.2) is 35.6 Å². The minimum Gasteiger partial charge on any atom is -0.392 e. The van der Waals surface area contributed by atoms with E-state index in [4.69, 9.17) is 5.14 Å². The monoisotopic (exact) mass is 473 g/mol. The third kappa shape index (κ3) is 5.16. The lowest BCUT2D eigenvalue weighted by Crippen LogP contribution is -2.48. The second kappa shape index (κ2) is 8.64. The Morgan fingerprint density at radius 2 is 1.84 bits per heavy atom. The predicted octanol–water partition coefficient (Wildman–Crippen LogP) is 1.85. The molecule has 1 aliphatic heterocycles. The van der Waals surface area contributed by atoms with Crippen molar-refractivity contribution in [3.8, 4) is 0 Å². The van der Waals surface area contributed by atoms with Gasteiger partial charge in [-0.15, -0.1) is 0 Å². The number of sulfonamides is 1. The number of nitrogens with zero attached hydrogens (tertiary/aromatic N) is 3. The zero-order valence-corrected chi connectivity index (χ0v) is 18.0. The Morgan fingerprint density at radius 1 is 1.22 bits per heavy atom. The van der Waals surface area contributed by atoms with E-state index in [-0.39, 0.29) is 42.0 Å². The first-order valence-electron chi connectivity index (χ1n) is 9.58. The maximum atomic E-state index is 13.3. The van der Waals surface area contributed by atoms with Crippen LogP contribution in [-0.4, -0.2) is 48.6 Å². The van der Waals surface area contributed by atoms with Crippen molar-refractivity contribution in [2.45, 2.75) is 31.2 Å². The number of aromatic nitrogens is 2. The van der Waals surface area contributed by atoms with Crippen molar-refractivity contribution in [2.24, 2.45) is 17.0 Å². The average molecular weight is 473 g/mol. The minimum atomic E-state index is -4.73. The Hall–Kier alpha value is -2.77. The number of aliphatic hydroxyl groups excluding tert-OH is 1. The molecule has 0 aliphatic carbocycles. The Labute approximate surface area is 182 Å². The second-order valence-corrected chi connectivity index (χ2v) is 9.33. The first-order chi connectivity index (χ1) is 14.8. The van der Waals surface area contributed by atoms with Crippen LogP contribution in [0.2, 0.25) is 0 Å². The lowest BCUT2D eigenvalue weighted by atomic mass is 9.88. The quantitative estimate of drug-likeness (QED) is 0.616. The van der Waals surface area contributed by atoms with E-state index < -0.39 is 38.8 Å². The zero-order valence-electron chi connectivity index (χ0n) is 17.2. The topological polar surface area (TPSA) is 139 Å². The number of hydrogen-bond acceptors (Lipinski definition) is 7. The molecule has 3 rings (SSSR count). The lowest BCUT2D eigenvalue weighted by Gasteiger charge is -2.40. The molecular formula is C19H22F3N5O4S. The fourth-order valence-electron chi connectivity index (χ4n) is 3.59. The van der Waals surface area contributed by atoms with Crippen LogP contribution in [-0.2, 0) is 16.2 Å². The standard InChI is InChI=1S/C19H22F3N5O4S/c1-10-8-27(9-11(2)16(10)28)17-14(5-12(7-25-17)19(20,21)22)18(29)26-13-3-4-24-15(6-13)32(23,30)31/h3-7,10-11,16,28H,8-9H2,1-2H3,(H2,23,30,31)(H,24,26,29). The predicted molar refractivity (Wildman–Crippen MR) is 109 cm³/mol. The molecule has 2 unspecified atom stereocenters. The van der Waals surface area contributed by atoms with E-state index in [1.165, 1.54) is 6.07 Å². The van der Waals surface area contributed by atoms with Crippen LogP contribution in [0.1, 0.15) is 29.8 Å². The van der Waals surface area contributed by atoms with Gasteiger partial charge in [-0.1, -0.05) is 13.8 Å².